The van der Waals surface area contributed by atoms with Gasteiger partial charge in [-0.2, -0.15) is 0 Å². The lowest BCUT2D eigenvalue weighted by Crippen LogP contribution is -2.13. The molecule has 5 heteroatoms. The van der Waals surface area contributed by atoms with E-state index in [0.29, 0.717) is 18.2 Å². The molecule has 0 fully saturated rings. The van der Waals surface area contributed by atoms with E-state index in [0.717, 1.165) is 6.42 Å². The SMILES string of the molecule is CCc1ccc(CNc2nccc(C(N)=S)n2)cc1. The normalized spacial score (nSPS) is 10.2. The van der Waals surface area contributed by atoms with Gasteiger partial charge < -0.3 is 11.1 Å². The van der Waals surface area contributed by atoms with Gasteiger partial charge in [-0.1, -0.05) is 43.4 Å². The van der Waals surface area contributed by atoms with Crippen molar-refractivity contribution < 1.29 is 0 Å². The van der Waals surface area contributed by atoms with Gasteiger partial charge in [0.2, 0.25) is 5.95 Å². The number of thiocarbonyl (C=S) groups is 1. The van der Waals surface area contributed by atoms with Crippen LogP contribution in [0.1, 0.15) is 23.7 Å². The second-order valence-electron chi connectivity index (χ2n) is 4.15. The van der Waals surface area contributed by atoms with Gasteiger partial charge in [-0.05, 0) is 23.6 Å². The Morgan fingerprint density at radius 3 is 2.53 bits per heavy atom. The summed E-state index contributed by atoms with van der Waals surface area (Å²) in [5.74, 6) is 0.532. The third kappa shape index (κ3) is 3.72. The smallest absolute Gasteiger partial charge is 0.223 e. The molecule has 0 aliphatic carbocycles. The van der Waals surface area contributed by atoms with E-state index in [9.17, 15) is 0 Å². The van der Waals surface area contributed by atoms with Gasteiger partial charge in [0.1, 0.15) is 10.7 Å². The highest BCUT2D eigenvalue weighted by Crippen LogP contribution is 2.07. The zero-order valence-corrected chi connectivity index (χ0v) is 11.6. The quantitative estimate of drug-likeness (QED) is 0.818. The van der Waals surface area contributed by atoms with Crippen molar-refractivity contribution in [3.05, 3.63) is 53.3 Å². The highest BCUT2D eigenvalue weighted by atomic mass is 32.1. The summed E-state index contributed by atoms with van der Waals surface area (Å²) in [4.78, 5) is 8.64. The molecule has 0 saturated carbocycles. The lowest BCUT2D eigenvalue weighted by molar-refractivity contribution is 1.04. The van der Waals surface area contributed by atoms with Crippen LogP contribution in [0.5, 0.6) is 0 Å². The van der Waals surface area contributed by atoms with E-state index in [4.69, 9.17) is 18.0 Å². The second kappa shape index (κ2) is 6.24. The van der Waals surface area contributed by atoms with Crippen molar-refractivity contribution in [3.8, 4) is 0 Å². The zero-order valence-electron chi connectivity index (χ0n) is 10.8. The third-order valence-electron chi connectivity index (χ3n) is 2.79. The molecule has 0 atom stereocenters. The Morgan fingerprint density at radius 1 is 1.21 bits per heavy atom. The number of hydrogen-bond donors (Lipinski definition) is 2. The highest BCUT2D eigenvalue weighted by Gasteiger charge is 2.01. The van der Waals surface area contributed by atoms with Crippen LogP contribution in [0.2, 0.25) is 0 Å². The van der Waals surface area contributed by atoms with Crippen LogP contribution in [0, 0.1) is 0 Å². The molecule has 0 unspecified atom stereocenters. The van der Waals surface area contributed by atoms with Crippen molar-refractivity contribution in [2.45, 2.75) is 19.9 Å². The molecule has 1 aromatic carbocycles. The summed E-state index contributed by atoms with van der Waals surface area (Å²) in [6, 6.07) is 10.2. The third-order valence-corrected chi connectivity index (χ3v) is 3.00. The number of aromatic nitrogens is 2. The molecule has 2 rings (SSSR count). The molecule has 0 radical (unpaired) electrons. The minimum atomic E-state index is 0.276. The van der Waals surface area contributed by atoms with Gasteiger partial charge >= 0.3 is 0 Å². The van der Waals surface area contributed by atoms with Crippen LogP contribution in [-0.2, 0) is 13.0 Å². The molecule has 0 spiro atoms. The molecule has 1 heterocycles. The van der Waals surface area contributed by atoms with Crippen LogP contribution >= 0.6 is 12.2 Å². The zero-order chi connectivity index (χ0) is 13.7. The van der Waals surface area contributed by atoms with Gasteiger partial charge in [0.25, 0.3) is 0 Å². The van der Waals surface area contributed by atoms with Crippen molar-refractivity contribution in [1.82, 2.24) is 9.97 Å². The Kier molecular flexibility index (Phi) is 4.41. The van der Waals surface area contributed by atoms with E-state index < -0.39 is 0 Å². The molecular weight excluding hydrogens is 256 g/mol. The molecule has 19 heavy (non-hydrogen) atoms. The molecule has 98 valence electrons. The summed E-state index contributed by atoms with van der Waals surface area (Å²) in [6.07, 6.45) is 2.69. The number of benzene rings is 1. The summed E-state index contributed by atoms with van der Waals surface area (Å²) in [7, 11) is 0. The number of hydrogen-bond acceptors (Lipinski definition) is 4. The van der Waals surface area contributed by atoms with E-state index in [1.807, 2.05) is 0 Å². The minimum absolute atomic E-state index is 0.276. The Bertz CT molecular complexity index is 566. The van der Waals surface area contributed by atoms with E-state index in [2.05, 4.69) is 46.5 Å². The number of nitrogens with one attached hydrogen (secondary N) is 1. The maximum Gasteiger partial charge on any atom is 0.223 e. The van der Waals surface area contributed by atoms with Gasteiger partial charge in [-0.25, -0.2) is 9.97 Å². The fourth-order valence-corrected chi connectivity index (χ4v) is 1.77. The fourth-order valence-electron chi connectivity index (χ4n) is 1.66. The number of aryl methyl sites for hydroxylation is 1. The van der Waals surface area contributed by atoms with Gasteiger partial charge in [-0.3, -0.25) is 0 Å². The molecule has 1 aromatic heterocycles. The van der Waals surface area contributed by atoms with Gasteiger partial charge in [0, 0.05) is 12.7 Å². The van der Waals surface area contributed by atoms with Crippen LogP contribution in [0.3, 0.4) is 0 Å². The number of nitrogens with two attached hydrogens (primary N) is 1. The van der Waals surface area contributed by atoms with E-state index in [1.54, 1.807) is 12.3 Å². The molecular formula is C14H16N4S. The molecule has 0 saturated heterocycles. The summed E-state index contributed by atoms with van der Waals surface area (Å²) in [5.41, 5.74) is 8.62. The summed E-state index contributed by atoms with van der Waals surface area (Å²) >= 11 is 4.89. The Hall–Kier alpha value is -2.01. The standard InChI is InChI=1S/C14H16N4S/c1-2-10-3-5-11(6-4-10)9-17-14-16-8-7-12(18-14)13(15)19/h3-8H,2,9H2,1H3,(H2,15,19)(H,16,17,18). The molecule has 0 aliphatic rings. The molecule has 0 amide bonds. The maximum absolute atomic E-state index is 5.54. The monoisotopic (exact) mass is 272 g/mol. The van der Waals surface area contributed by atoms with Crippen LogP contribution in [-0.4, -0.2) is 15.0 Å². The maximum atomic E-state index is 5.54. The number of rotatable bonds is 5. The van der Waals surface area contributed by atoms with Crippen LogP contribution in [0.25, 0.3) is 0 Å². The number of anilines is 1. The van der Waals surface area contributed by atoms with Crippen molar-refractivity contribution in [3.63, 3.8) is 0 Å². The van der Waals surface area contributed by atoms with Crippen LogP contribution < -0.4 is 11.1 Å². The molecule has 0 bridgehead atoms. The lowest BCUT2D eigenvalue weighted by atomic mass is 10.1. The van der Waals surface area contributed by atoms with Gasteiger partial charge in [-0.15, -0.1) is 0 Å². The summed E-state index contributed by atoms with van der Waals surface area (Å²) in [6.45, 7) is 2.81. The van der Waals surface area contributed by atoms with Crippen LogP contribution in [0.15, 0.2) is 36.5 Å². The predicted molar refractivity (Wildman–Crippen MR) is 81.1 cm³/mol. The van der Waals surface area contributed by atoms with Gasteiger partial charge in [0.15, 0.2) is 0 Å². The predicted octanol–water partition coefficient (Wildman–Crippen LogP) is 2.29. The second-order valence-corrected chi connectivity index (χ2v) is 4.59. The average molecular weight is 272 g/mol. The first-order valence-electron chi connectivity index (χ1n) is 6.13. The first-order valence-corrected chi connectivity index (χ1v) is 6.54. The number of nitrogens with zero attached hydrogens (tertiary/aromatic N) is 2. The van der Waals surface area contributed by atoms with E-state index in [-0.39, 0.29) is 4.99 Å². The van der Waals surface area contributed by atoms with Crippen molar-refractivity contribution in [2.75, 3.05) is 5.32 Å². The summed E-state index contributed by atoms with van der Waals surface area (Å²) in [5, 5.41) is 3.16. The molecule has 2 aromatic rings. The summed E-state index contributed by atoms with van der Waals surface area (Å²) < 4.78 is 0. The van der Waals surface area contributed by atoms with E-state index >= 15 is 0 Å². The Balaban J connectivity index is 2.01. The van der Waals surface area contributed by atoms with Crippen molar-refractivity contribution in [2.24, 2.45) is 5.73 Å². The molecule has 0 aliphatic heterocycles. The van der Waals surface area contributed by atoms with E-state index in [1.165, 1.54) is 11.1 Å². The van der Waals surface area contributed by atoms with Crippen molar-refractivity contribution >= 4 is 23.2 Å². The van der Waals surface area contributed by atoms with Crippen molar-refractivity contribution in [1.29, 1.82) is 0 Å². The van der Waals surface area contributed by atoms with Gasteiger partial charge in [0.05, 0.1) is 0 Å². The lowest BCUT2D eigenvalue weighted by Gasteiger charge is -2.06. The Labute approximate surface area is 118 Å². The average Bonchev–Trinajstić information content (AvgIpc) is 2.46. The topological polar surface area (TPSA) is 63.8 Å². The molecule has 3 N–H and O–H groups in total. The molecule has 4 nitrogen and oxygen atoms in total. The Morgan fingerprint density at radius 2 is 1.89 bits per heavy atom. The highest BCUT2D eigenvalue weighted by molar-refractivity contribution is 7.80. The fraction of sp³-hybridized carbons (Fsp3) is 0.214. The first kappa shape index (κ1) is 13.4. The minimum Gasteiger partial charge on any atom is -0.388 e. The largest absolute Gasteiger partial charge is 0.388 e. The van der Waals surface area contributed by atoms with Crippen LogP contribution in [0.4, 0.5) is 5.95 Å². The first-order chi connectivity index (χ1) is 9.19.